The summed E-state index contributed by atoms with van der Waals surface area (Å²) < 4.78 is 10.0. The molecule has 116 valence electrons. The van der Waals surface area contributed by atoms with Crippen LogP contribution in [0.15, 0.2) is 23.1 Å². The van der Waals surface area contributed by atoms with Gasteiger partial charge in [0, 0.05) is 31.6 Å². The molecule has 0 radical (unpaired) electrons. The van der Waals surface area contributed by atoms with Crippen LogP contribution >= 0.6 is 11.7 Å². The SMILES string of the molecule is O=c1ccc(C2CC2)nn1CC1CCN(c2cnsn2)CC1. The van der Waals surface area contributed by atoms with Crippen molar-refractivity contribution in [3.63, 3.8) is 0 Å². The summed E-state index contributed by atoms with van der Waals surface area (Å²) in [7, 11) is 0. The molecule has 0 bridgehead atoms. The van der Waals surface area contributed by atoms with Crippen molar-refractivity contribution >= 4 is 17.5 Å². The maximum Gasteiger partial charge on any atom is 0.266 e. The summed E-state index contributed by atoms with van der Waals surface area (Å²) in [5, 5.41) is 4.57. The average Bonchev–Trinajstić information content (AvgIpc) is 3.25. The molecular weight excluding hydrogens is 298 g/mol. The number of aromatic nitrogens is 4. The Balaban J connectivity index is 1.40. The smallest absolute Gasteiger partial charge is 0.266 e. The fraction of sp³-hybridized carbons (Fsp3) is 0.600. The first-order chi connectivity index (χ1) is 10.8. The van der Waals surface area contributed by atoms with Gasteiger partial charge >= 0.3 is 0 Å². The Bertz CT molecular complexity index is 686. The van der Waals surface area contributed by atoms with Crippen LogP contribution in [-0.2, 0) is 6.54 Å². The molecule has 1 saturated carbocycles. The molecular formula is C15H19N5OS. The van der Waals surface area contributed by atoms with Gasteiger partial charge in [-0.05, 0) is 37.7 Å². The van der Waals surface area contributed by atoms with Crippen molar-refractivity contribution in [3.05, 3.63) is 34.4 Å². The largest absolute Gasteiger partial charge is 0.354 e. The summed E-state index contributed by atoms with van der Waals surface area (Å²) >= 11 is 1.25. The van der Waals surface area contributed by atoms with Crippen molar-refractivity contribution in [2.24, 2.45) is 5.92 Å². The Morgan fingerprint density at radius 2 is 2.00 bits per heavy atom. The van der Waals surface area contributed by atoms with Crippen LogP contribution in [0.25, 0.3) is 0 Å². The van der Waals surface area contributed by atoms with E-state index in [9.17, 15) is 4.79 Å². The average molecular weight is 317 g/mol. The lowest BCUT2D eigenvalue weighted by atomic mass is 9.97. The highest BCUT2D eigenvalue weighted by atomic mass is 32.1. The van der Waals surface area contributed by atoms with Crippen molar-refractivity contribution in [2.75, 3.05) is 18.0 Å². The Kier molecular flexibility index (Phi) is 3.65. The summed E-state index contributed by atoms with van der Waals surface area (Å²) in [4.78, 5) is 14.3. The molecule has 22 heavy (non-hydrogen) atoms. The summed E-state index contributed by atoms with van der Waals surface area (Å²) in [6, 6.07) is 3.57. The van der Waals surface area contributed by atoms with Gasteiger partial charge in [0.1, 0.15) is 0 Å². The molecule has 2 fully saturated rings. The summed E-state index contributed by atoms with van der Waals surface area (Å²) in [6.45, 7) is 2.70. The van der Waals surface area contributed by atoms with Crippen LogP contribution in [0.4, 0.5) is 5.82 Å². The third kappa shape index (κ3) is 2.90. The second-order valence-corrected chi connectivity index (χ2v) is 6.81. The van der Waals surface area contributed by atoms with Gasteiger partial charge < -0.3 is 4.90 Å². The fourth-order valence-electron chi connectivity index (χ4n) is 3.08. The molecule has 2 aromatic rings. The standard InChI is InChI=1S/C15H19N5OS/c21-15-4-3-13(12-1-2-12)17-20(15)10-11-5-7-19(8-6-11)14-9-16-22-18-14/h3-4,9,11-12H,1-2,5-8,10H2. The van der Waals surface area contributed by atoms with Gasteiger partial charge in [0.25, 0.3) is 5.56 Å². The first-order valence-corrected chi connectivity index (χ1v) is 8.63. The summed E-state index contributed by atoms with van der Waals surface area (Å²) in [5.74, 6) is 2.09. The molecule has 0 aromatic carbocycles. The van der Waals surface area contributed by atoms with Gasteiger partial charge in [-0.25, -0.2) is 4.68 Å². The molecule has 0 atom stereocenters. The lowest BCUT2D eigenvalue weighted by Gasteiger charge is -2.31. The number of rotatable bonds is 4. The first kappa shape index (κ1) is 13.9. The number of piperidine rings is 1. The minimum absolute atomic E-state index is 0.0236. The third-order valence-electron chi connectivity index (χ3n) is 4.60. The van der Waals surface area contributed by atoms with E-state index in [1.165, 1.54) is 24.6 Å². The van der Waals surface area contributed by atoms with Gasteiger partial charge in [0.2, 0.25) is 0 Å². The van der Waals surface area contributed by atoms with Gasteiger partial charge in [-0.2, -0.15) is 13.8 Å². The zero-order valence-corrected chi connectivity index (χ0v) is 13.2. The second-order valence-electron chi connectivity index (χ2n) is 6.25. The van der Waals surface area contributed by atoms with E-state index >= 15 is 0 Å². The second kappa shape index (κ2) is 5.79. The Labute approximate surface area is 133 Å². The minimum atomic E-state index is 0.0236. The van der Waals surface area contributed by atoms with Crippen LogP contribution in [-0.4, -0.2) is 31.6 Å². The molecule has 4 rings (SSSR count). The zero-order valence-electron chi connectivity index (χ0n) is 12.4. The van der Waals surface area contributed by atoms with Crippen LogP contribution in [0.1, 0.15) is 37.3 Å². The van der Waals surface area contributed by atoms with Crippen molar-refractivity contribution in [2.45, 2.75) is 38.1 Å². The number of nitrogens with zero attached hydrogens (tertiary/aromatic N) is 5. The van der Waals surface area contributed by atoms with E-state index in [-0.39, 0.29) is 5.56 Å². The maximum absolute atomic E-state index is 12.0. The molecule has 2 aromatic heterocycles. The van der Waals surface area contributed by atoms with E-state index in [4.69, 9.17) is 0 Å². The molecule has 1 aliphatic heterocycles. The van der Waals surface area contributed by atoms with E-state index in [0.717, 1.165) is 44.0 Å². The molecule has 0 spiro atoms. The first-order valence-electron chi connectivity index (χ1n) is 7.90. The minimum Gasteiger partial charge on any atom is -0.354 e. The lowest BCUT2D eigenvalue weighted by Crippen LogP contribution is -2.37. The van der Waals surface area contributed by atoms with E-state index in [1.54, 1.807) is 10.7 Å². The van der Waals surface area contributed by atoms with Gasteiger partial charge in [-0.15, -0.1) is 0 Å². The molecule has 7 heteroatoms. The molecule has 3 heterocycles. The topological polar surface area (TPSA) is 63.9 Å². The molecule has 0 amide bonds. The predicted molar refractivity (Wildman–Crippen MR) is 85.3 cm³/mol. The summed E-state index contributed by atoms with van der Waals surface area (Å²) in [5.41, 5.74) is 1.11. The van der Waals surface area contributed by atoms with Crippen molar-refractivity contribution < 1.29 is 0 Å². The van der Waals surface area contributed by atoms with Crippen LogP contribution in [0, 0.1) is 5.92 Å². The van der Waals surface area contributed by atoms with Crippen LogP contribution < -0.4 is 10.5 Å². The number of hydrogen-bond donors (Lipinski definition) is 0. The highest BCUT2D eigenvalue weighted by Gasteiger charge is 2.26. The third-order valence-corrected chi connectivity index (χ3v) is 5.07. The quantitative estimate of drug-likeness (QED) is 0.861. The van der Waals surface area contributed by atoms with Crippen LogP contribution in [0.2, 0.25) is 0 Å². The molecule has 1 aliphatic carbocycles. The van der Waals surface area contributed by atoms with E-state index in [2.05, 4.69) is 18.7 Å². The summed E-state index contributed by atoms with van der Waals surface area (Å²) in [6.07, 6.45) is 6.39. The van der Waals surface area contributed by atoms with Crippen molar-refractivity contribution in [3.8, 4) is 0 Å². The Morgan fingerprint density at radius 1 is 1.18 bits per heavy atom. The van der Waals surface area contributed by atoms with Crippen LogP contribution in [0.5, 0.6) is 0 Å². The normalized spacial score (nSPS) is 19.5. The van der Waals surface area contributed by atoms with Gasteiger partial charge in [0.05, 0.1) is 23.6 Å². The highest BCUT2D eigenvalue weighted by Crippen LogP contribution is 2.38. The molecule has 2 aliphatic rings. The predicted octanol–water partition coefficient (Wildman–Crippen LogP) is 1.89. The van der Waals surface area contributed by atoms with Gasteiger partial charge in [-0.3, -0.25) is 4.79 Å². The van der Waals surface area contributed by atoms with Gasteiger partial charge in [0.15, 0.2) is 5.82 Å². The van der Waals surface area contributed by atoms with E-state index in [1.807, 2.05) is 12.3 Å². The molecule has 1 saturated heterocycles. The number of anilines is 1. The Hall–Kier alpha value is -1.76. The molecule has 6 nitrogen and oxygen atoms in total. The van der Waals surface area contributed by atoms with Gasteiger partial charge in [-0.1, -0.05) is 0 Å². The Morgan fingerprint density at radius 3 is 2.68 bits per heavy atom. The molecule has 0 unspecified atom stereocenters. The molecule has 0 N–H and O–H groups in total. The van der Waals surface area contributed by atoms with Crippen molar-refractivity contribution in [1.82, 2.24) is 18.5 Å². The fourth-order valence-corrected chi connectivity index (χ4v) is 3.52. The monoisotopic (exact) mass is 317 g/mol. The zero-order chi connectivity index (χ0) is 14.9. The maximum atomic E-state index is 12.0. The van der Waals surface area contributed by atoms with E-state index in [0.29, 0.717) is 11.8 Å². The number of hydrogen-bond acceptors (Lipinski definition) is 6. The highest BCUT2D eigenvalue weighted by molar-refractivity contribution is 6.99. The van der Waals surface area contributed by atoms with Crippen LogP contribution in [0.3, 0.4) is 0 Å². The van der Waals surface area contributed by atoms with E-state index < -0.39 is 0 Å². The lowest BCUT2D eigenvalue weighted by molar-refractivity contribution is 0.333. The van der Waals surface area contributed by atoms with Crippen molar-refractivity contribution in [1.29, 1.82) is 0 Å².